The van der Waals surface area contributed by atoms with Gasteiger partial charge >= 0.3 is 0 Å². The zero-order valence-corrected chi connectivity index (χ0v) is 9.98. The minimum atomic E-state index is -1.52. The van der Waals surface area contributed by atoms with Gasteiger partial charge in [0.2, 0.25) is 0 Å². The van der Waals surface area contributed by atoms with Gasteiger partial charge in [0.1, 0.15) is 5.69 Å². The van der Waals surface area contributed by atoms with Crippen LogP contribution in [0.15, 0.2) is 6.58 Å². The lowest BCUT2D eigenvalue weighted by Crippen LogP contribution is -2.15. The third kappa shape index (κ3) is 3.45. The molecule has 7 heteroatoms. The lowest BCUT2D eigenvalue weighted by Gasteiger charge is -2.12. The predicted octanol–water partition coefficient (Wildman–Crippen LogP) is 2.31. The second-order valence-corrected chi connectivity index (χ2v) is 3.51. The number of ether oxygens (including phenoxy) is 1. The van der Waals surface area contributed by atoms with Crippen LogP contribution in [0.4, 0.5) is 23.2 Å². The molecule has 19 heavy (non-hydrogen) atoms. The number of aliphatic hydroxyl groups is 1. The Kier molecular flexibility index (Phi) is 5.78. The molecule has 0 aromatic heterocycles. The number of nitrogens with one attached hydrogen (secondary N) is 1. The molecule has 3 nitrogen and oxygen atoms in total. The third-order valence-electron chi connectivity index (χ3n) is 2.29. The third-order valence-corrected chi connectivity index (χ3v) is 2.29. The number of hydrogen-bond donors (Lipinski definition) is 2. The molecule has 0 aliphatic heterocycles. The van der Waals surface area contributed by atoms with Crippen LogP contribution < -0.4 is 5.32 Å². The summed E-state index contributed by atoms with van der Waals surface area (Å²) >= 11 is 0. The smallest absolute Gasteiger partial charge is 0.185 e. The van der Waals surface area contributed by atoms with Gasteiger partial charge in [0.05, 0.1) is 25.4 Å². The molecule has 0 bridgehead atoms. The van der Waals surface area contributed by atoms with Gasteiger partial charge in [0.15, 0.2) is 23.3 Å². The van der Waals surface area contributed by atoms with E-state index in [-0.39, 0.29) is 26.4 Å². The molecule has 0 saturated carbocycles. The Morgan fingerprint density at radius 1 is 1.05 bits per heavy atom. The van der Waals surface area contributed by atoms with Crippen LogP contribution in [0, 0.1) is 23.3 Å². The predicted molar refractivity (Wildman–Crippen MR) is 62.8 cm³/mol. The first-order valence-corrected chi connectivity index (χ1v) is 5.45. The molecule has 0 fully saturated rings. The minimum absolute atomic E-state index is 0.0197. The summed E-state index contributed by atoms with van der Waals surface area (Å²) in [6, 6.07) is 0. The monoisotopic (exact) mass is 279 g/mol. The summed E-state index contributed by atoms with van der Waals surface area (Å²) in [6.45, 7) is 2.90. The highest BCUT2D eigenvalue weighted by Crippen LogP contribution is 2.28. The van der Waals surface area contributed by atoms with Crippen LogP contribution in [-0.2, 0) is 4.74 Å². The van der Waals surface area contributed by atoms with E-state index < -0.39 is 34.5 Å². The summed E-state index contributed by atoms with van der Waals surface area (Å²) in [7, 11) is 0. The van der Waals surface area contributed by atoms with E-state index in [4.69, 9.17) is 9.84 Å². The second kappa shape index (κ2) is 7.10. The Bertz CT molecular complexity index is 437. The number of aliphatic hydroxyl groups excluding tert-OH is 1. The van der Waals surface area contributed by atoms with E-state index in [0.717, 1.165) is 0 Å². The number of halogens is 4. The van der Waals surface area contributed by atoms with E-state index in [1.807, 2.05) is 0 Å². The maximum Gasteiger partial charge on any atom is 0.185 e. The summed E-state index contributed by atoms with van der Waals surface area (Å²) in [5, 5.41) is 10.6. The van der Waals surface area contributed by atoms with Crippen molar-refractivity contribution in [1.29, 1.82) is 0 Å². The first-order valence-electron chi connectivity index (χ1n) is 5.45. The maximum atomic E-state index is 13.5. The van der Waals surface area contributed by atoms with E-state index in [0.29, 0.717) is 6.08 Å². The fraction of sp³-hybridized carbons (Fsp3) is 0.333. The van der Waals surface area contributed by atoms with E-state index >= 15 is 0 Å². The summed E-state index contributed by atoms with van der Waals surface area (Å²) in [5.74, 6) is -6.05. The lowest BCUT2D eigenvalue weighted by atomic mass is 10.1. The maximum absolute atomic E-state index is 13.5. The molecule has 106 valence electrons. The van der Waals surface area contributed by atoms with Crippen molar-refractivity contribution in [3.63, 3.8) is 0 Å². The molecule has 2 N–H and O–H groups in total. The fourth-order valence-corrected chi connectivity index (χ4v) is 1.40. The van der Waals surface area contributed by atoms with Gasteiger partial charge in [-0.25, -0.2) is 17.6 Å². The Hall–Kier alpha value is -1.60. The molecule has 1 rings (SSSR count). The van der Waals surface area contributed by atoms with Crippen molar-refractivity contribution in [3.8, 4) is 0 Å². The second-order valence-electron chi connectivity index (χ2n) is 3.51. The molecule has 0 aliphatic rings. The summed E-state index contributed by atoms with van der Waals surface area (Å²) in [6.07, 6.45) is 0.699. The standard InChI is InChI=1S/C12H13F4NO2/c1-2-7-8(13)10(15)12(11(16)9(7)14)17-3-5-19-6-4-18/h2,17-18H,1,3-6H2. The average molecular weight is 279 g/mol. The fourth-order valence-electron chi connectivity index (χ4n) is 1.40. The highest BCUT2D eigenvalue weighted by Gasteiger charge is 2.23. The van der Waals surface area contributed by atoms with Gasteiger partial charge in [-0.2, -0.15) is 0 Å². The Morgan fingerprint density at radius 3 is 2.11 bits per heavy atom. The van der Waals surface area contributed by atoms with Crippen LogP contribution in [0.1, 0.15) is 5.56 Å². The molecule has 1 aromatic rings. The zero-order valence-electron chi connectivity index (χ0n) is 9.98. The van der Waals surface area contributed by atoms with Gasteiger partial charge in [0.25, 0.3) is 0 Å². The van der Waals surface area contributed by atoms with Crippen molar-refractivity contribution in [2.24, 2.45) is 0 Å². The molecule has 0 radical (unpaired) electrons. The molecule has 0 unspecified atom stereocenters. The van der Waals surface area contributed by atoms with E-state index in [1.165, 1.54) is 0 Å². The van der Waals surface area contributed by atoms with Crippen LogP contribution in [0.2, 0.25) is 0 Å². The van der Waals surface area contributed by atoms with Gasteiger partial charge in [-0.15, -0.1) is 0 Å². The van der Waals surface area contributed by atoms with Gasteiger partial charge in [0, 0.05) is 6.54 Å². The van der Waals surface area contributed by atoms with Crippen molar-refractivity contribution in [3.05, 3.63) is 35.4 Å². The number of hydrogen-bond acceptors (Lipinski definition) is 3. The number of anilines is 1. The molecule has 0 saturated heterocycles. The van der Waals surface area contributed by atoms with E-state index in [9.17, 15) is 17.6 Å². The van der Waals surface area contributed by atoms with E-state index in [2.05, 4.69) is 11.9 Å². The van der Waals surface area contributed by atoms with Crippen molar-refractivity contribution < 1.29 is 27.4 Å². The molecular formula is C12H13F4NO2. The minimum Gasteiger partial charge on any atom is -0.394 e. The van der Waals surface area contributed by atoms with Crippen LogP contribution >= 0.6 is 0 Å². The molecule has 0 amide bonds. The Balaban J connectivity index is 2.87. The highest BCUT2D eigenvalue weighted by molar-refractivity contribution is 5.57. The van der Waals surface area contributed by atoms with Gasteiger partial charge in [-0.3, -0.25) is 0 Å². The van der Waals surface area contributed by atoms with E-state index in [1.54, 1.807) is 0 Å². The van der Waals surface area contributed by atoms with Gasteiger partial charge in [-0.1, -0.05) is 12.7 Å². The van der Waals surface area contributed by atoms with Crippen molar-refractivity contribution >= 4 is 11.8 Å². The molecule has 0 heterocycles. The van der Waals surface area contributed by atoms with Gasteiger partial charge in [-0.05, 0) is 0 Å². The van der Waals surface area contributed by atoms with Crippen LogP contribution in [0.25, 0.3) is 6.08 Å². The normalized spacial score (nSPS) is 10.6. The molecule has 0 spiro atoms. The molecule has 0 aliphatic carbocycles. The Morgan fingerprint density at radius 2 is 1.63 bits per heavy atom. The average Bonchev–Trinajstić information content (AvgIpc) is 2.40. The number of rotatable bonds is 7. The summed E-state index contributed by atoms with van der Waals surface area (Å²) in [4.78, 5) is 0. The molecule has 1 aromatic carbocycles. The first kappa shape index (κ1) is 15.5. The molecular weight excluding hydrogens is 266 g/mol. The van der Waals surface area contributed by atoms with Crippen LogP contribution in [-0.4, -0.2) is 31.5 Å². The Labute approximate surface area is 107 Å². The lowest BCUT2D eigenvalue weighted by molar-refractivity contribution is 0.0991. The van der Waals surface area contributed by atoms with Crippen molar-refractivity contribution in [2.45, 2.75) is 0 Å². The summed E-state index contributed by atoms with van der Waals surface area (Å²) in [5.41, 5.74) is -1.75. The van der Waals surface area contributed by atoms with Crippen LogP contribution in [0.3, 0.4) is 0 Å². The quantitative estimate of drug-likeness (QED) is 0.457. The number of benzene rings is 1. The summed E-state index contributed by atoms with van der Waals surface area (Å²) < 4.78 is 58.6. The zero-order chi connectivity index (χ0) is 14.4. The molecule has 0 atom stereocenters. The van der Waals surface area contributed by atoms with Crippen molar-refractivity contribution in [2.75, 3.05) is 31.7 Å². The van der Waals surface area contributed by atoms with Crippen molar-refractivity contribution in [1.82, 2.24) is 0 Å². The first-order chi connectivity index (χ1) is 9.04. The SMILES string of the molecule is C=Cc1c(F)c(F)c(NCCOCCO)c(F)c1F. The largest absolute Gasteiger partial charge is 0.394 e. The highest BCUT2D eigenvalue weighted by atomic mass is 19.2. The topological polar surface area (TPSA) is 41.5 Å². The van der Waals surface area contributed by atoms with Crippen LogP contribution in [0.5, 0.6) is 0 Å². The van der Waals surface area contributed by atoms with Gasteiger partial charge < -0.3 is 15.2 Å².